The maximum atomic E-state index is 8.43. The third-order valence-electron chi connectivity index (χ3n) is 1.59. The summed E-state index contributed by atoms with van der Waals surface area (Å²) in [6.45, 7) is 0. The summed E-state index contributed by atoms with van der Waals surface area (Å²) in [5.41, 5.74) is 11.3. The third kappa shape index (κ3) is 1.88. The fraction of sp³-hybridized carbons (Fsp3) is 0. The Hall–Kier alpha value is -1.89. The van der Waals surface area contributed by atoms with Crippen molar-refractivity contribution in [2.45, 2.75) is 0 Å². The summed E-state index contributed by atoms with van der Waals surface area (Å²) in [7, 11) is 0. The number of rotatable bonds is 1. The van der Waals surface area contributed by atoms with E-state index in [0.717, 1.165) is 0 Å². The summed E-state index contributed by atoms with van der Waals surface area (Å²) < 4.78 is 1.25. The van der Waals surface area contributed by atoms with Crippen molar-refractivity contribution >= 4 is 23.2 Å². The van der Waals surface area contributed by atoms with Crippen molar-refractivity contribution in [1.29, 1.82) is 5.41 Å². The van der Waals surface area contributed by atoms with Crippen LogP contribution in [0.25, 0.3) is 0 Å². The highest BCUT2D eigenvalue weighted by atomic mass is 32.1. The van der Waals surface area contributed by atoms with E-state index in [-0.39, 0.29) is 16.4 Å². The first-order chi connectivity index (χ1) is 6.56. The van der Waals surface area contributed by atoms with Gasteiger partial charge in [-0.3, -0.25) is 9.98 Å². The van der Waals surface area contributed by atoms with E-state index in [4.69, 9.17) is 34.3 Å². The molecule has 0 spiro atoms. The van der Waals surface area contributed by atoms with Crippen molar-refractivity contribution in [2.24, 2.45) is 16.6 Å². The highest BCUT2D eigenvalue weighted by Gasteiger charge is 2.02. The van der Waals surface area contributed by atoms with Gasteiger partial charge in [-0.15, -0.1) is 0 Å². The molecule has 0 atom stereocenters. The van der Waals surface area contributed by atoms with E-state index in [0.29, 0.717) is 5.56 Å². The van der Waals surface area contributed by atoms with E-state index in [1.807, 2.05) is 0 Å². The Balaban J connectivity index is 3.34. The summed E-state index contributed by atoms with van der Waals surface area (Å²) in [4.78, 5) is 0. The zero-order valence-corrected chi connectivity index (χ0v) is 7.95. The number of hydrogen-bond acceptors (Lipinski definition) is 4. The zero-order valence-electron chi connectivity index (χ0n) is 7.14. The fourth-order valence-electron chi connectivity index (χ4n) is 0.892. The Bertz CT molecular complexity index is 450. The van der Waals surface area contributed by atoms with Crippen LogP contribution in [0.2, 0.25) is 0 Å². The van der Waals surface area contributed by atoms with E-state index in [1.54, 1.807) is 0 Å². The van der Waals surface area contributed by atoms with Crippen molar-refractivity contribution in [2.75, 3.05) is 0 Å². The number of amidine groups is 1. The lowest BCUT2D eigenvalue weighted by Gasteiger charge is -2.05. The smallest absolute Gasteiger partial charge is 0.176 e. The van der Waals surface area contributed by atoms with Crippen LogP contribution in [0.1, 0.15) is 5.56 Å². The molecule has 1 heterocycles. The molecular weight excluding hydrogens is 202 g/mol. The Labute approximate surface area is 85.0 Å². The van der Waals surface area contributed by atoms with Gasteiger partial charge in [0.05, 0.1) is 0 Å². The second-order valence-corrected chi connectivity index (χ2v) is 2.91. The van der Waals surface area contributed by atoms with Crippen molar-refractivity contribution in [3.05, 3.63) is 29.4 Å². The van der Waals surface area contributed by atoms with Gasteiger partial charge in [0.1, 0.15) is 5.49 Å². The van der Waals surface area contributed by atoms with Crippen LogP contribution in [-0.2, 0) is 0 Å². The van der Waals surface area contributed by atoms with Crippen LogP contribution in [0.5, 0.6) is 0 Å². The molecule has 14 heavy (non-hydrogen) atoms. The first kappa shape index (κ1) is 10.2. The summed E-state index contributed by atoms with van der Waals surface area (Å²) in [6, 6.07) is 2.98. The second kappa shape index (κ2) is 3.88. The Morgan fingerprint density at radius 3 is 2.64 bits per heavy atom. The zero-order chi connectivity index (χ0) is 10.7. The van der Waals surface area contributed by atoms with Gasteiger partial charge in [-0.05, 0) is 24.4 Å². The van der Waals surface area contributed by atoms with Crippen molar-refractivity contribution in [3.8, 4) is 0 Å². The topological polar surface area (TPSA) is 113 Å². The molecule has 0 unspecified atom stereocenters. The quantitative estimate of drug-likeness (QED) is 0.159. The largest absolute Gasteiger partial charge is 0.409 e. The highest BCUT2D eigenvalue weighted by molar-refractivity contribution is 7.80. The van der Waals surface area contributed by atoms with Gasteiger partial charge in [-0.1, -0.05) is 5.16 Å². The lowest BCUT2D eigenvalue weighted by atomic mass is 10.2. The summed E-state index contributed by atoms with van der Waals surface area (Å²) >= 11 is 4.71. The minimum atomic E-state index is -0.0602. The van der Waals surface area contributed by atoms with Gasteiger partial charge in [-0.2, -0.15) is 0 Å². The molecule has 1 rings (SSSR count). The van der Waals surface area contributed by atoms with E-state index < -0.39 is 0 Å². The minimum absolute atomic E-state index is 0.0302. The molecule has 0 aliphatic carbocycles. The van der Waals surface area contributed by atoms with E-state index >= 15 is 0 Å². The SMILES string of the molecule is N=c1ccc(/C(N)=N/O)cn1C(N)=S. The lowest BCUT2D eigenvalue weighted by Crippen LogP contribution is -2.32. The van der Waals surface area contributed by atoms with Crippen LogP contribution in [0.15, 0.2) is 23.5 Å². The highest BCUT2D eigenvalue weighted by Crippen LogP contribution is 1.94. The standard InChI is InChI=1S/C7H9N5OS/c8-5-2-1-4(6(9)11-13)3-12(5)7(10)14/h1-3,8,13H,(H2,9,11)(H2,10,14). The molecule has 0 bridgehead atoms. The van der Waals surface area contributed by atoms with Crippen LogP contribution >= 0.6 is 12.2 Å². The van der Waals surface area contributed by atoms with Gasteiger partial charge >= 0.3 is 0 Å². The molecule has 0 aliphatic heterocycles. The summed E-state index contributed by atoms with van der Waals surface area (Å²) in [5, 5.41) is 18.7. The van der Waals surface area contributed by atoms with E-state index in [9.17, 15) is 0 Å². The fourth-order valence-corrected chi connectivity index (χ4v) is 1.04. The van der Waals surface area contributed by atoms with Crippen LogP contribution < -0.4 is 17.0 Å². The maximum absolute atomic E-state index is 8.43. The number of aromatic nitrogens is 1. The molecule has 0 aliphatic rings. The predicted octanol–water partition coefficient (Wildman–Crippen LogP) is -0.846. The van der Waals surface area contributed by atoms with Gasteiger partial charge in [0.2, 0.25) is 0 Å². The molecule has 74 valence electrons. The average Bonchev–Trinajstić information content (AvgIpc) is 2.17. The van der Waals surface area contributed by atoms with Gasteiger partial charge in [0.15, 0.2) is 10.9 Å². The van der Waals surface area contributed by atoms with Crippen LogP contribution in [-0.4, -0.2) is 20.7 Å². The Morgan fingerprint density at radius 1 is 1.50 bits per heavy atom. The molecule has 6 N–H and O–H groups in total. The first-order valence-corrected chi connectivity index (χ1v) is 4.02. The van der Waals surface area contributed by atoms with Crippen LogP contribution in [0.3, 0.4) is 0 Å². The molecule has 0 radical (unpaired) electrons. The number of thiocarbonyl (C=S) groups is 1. The first-order valence-electron chi connectivity index (χ1n) is 3.61. The maximum Gasteiger partial charge on any atom is 0.176 e. The summed E-state index contributed by atoms with van der Waals surface area (Å²) in [5.74, 6) is -0.0602. The molecule has 0 fully saturated rings. The average molecular weight is 211 g/mol. The number of nitrogens with zero attached hydrogens (tertiary/aromatic N) is 2. The Morgan fingerprint density at radius 2 is 2.14 bits per heavy atom. The number of nitrogens with two attached hydrogens (primary N) is 2. The van der Waals surface area contributed by atoms with Crippen molar-refractivity contribution in [1.82, 2.24) is 4.57 Å². The van der Waals surface area contributed by atoms with Gasteiger partial charge in [-0.25, -0.2) is 0 Å². The lowest BCUT2D eigenvalue weighted by molar-refractivity contribution is 0.318. The van der Waals surface area contributed by atoms with Crippen LogP contribution in [0.4, 0.5) is 0 Å². The normalized spacial score (nSPS) is 11.3. The molecule has 6 nitrogen and oxygen atoms in total. The number of oxime groups is 1. The molecular formula is C7H9N5OS. The number of nitrogens with one attached hydrogen (secondary N) is 1. The molecule has 0 saturated heterocycles. The van der Waals surface area contributed by atoms with Crippen LogP contribution in [0, 0.1) is 5.41 Å². The second-order valence-electron chi connectivity index (χ2n) is 2.50. The molecule has 0 saturated carbocycles. The number of hydrogen-bond donors (Lipinski definition) is 4. The molecule has 0 amide bonds. The van der Waals surface area contributed by atoms with E-state index in [2.05, 4.69) is 5.16 Å². The van der Waals surface area contributed by atoms with Crippen molar-refractivity contribution < 1.29 is 5.21 Å². The monoisotopic (exact) mass is 211 g/mol. The van der Waals surface area contributed by atoms with Crippen molar-refractivity contribution in [3.63, 3.8) is 0 Å². The number of pyridine rings is 1. The minimum Gasteiger partial charge on any atom is -0.409 e. The Kier molecular flexibility index (Phi) is 2.82. The van der Waals surface area contributed by atoms with Gasteiger partial charge in [0.25, 0.3) is 0 Å². The predicted molar refractivity (Wildman–Crippen MR) is 55.0 cm³/mol. The summed E-state index contributed by atoms with van der Waals surface area (Å²) in [6.07, 6.45) is 1.43. The molecule has 0 aromatic carbocycles. The third-order valence-corrected chi connectivity index (χ3v) is 1.79. The molecule has 7 heteroatoms. The van der Waals surface area contributed by atoms with Gasteiger partial charge < -0.3 is 16.7 Å². The van der Waals surface area contributed by atoms with E-state index in [1.165, 1.54) is 22.9 Å². The molecule has 1 aromatic heterocycles. The van der Waals surface area contributed by atoms with Gasteiger partial charge in [0, 0.05) is 11.8 Å². The molecule has 1 aromatic rings.